The Hall–Kier alpha value is -2.35. The number of hydrogen-bond acceptors (Lipinski definition) is 5. The van der Waals surface area contributed by atoms with Gasteiger partial charge < -0.3 is 19.2 Å². The molecule has 7 heteroatoms. The number of amides is 1. The van der Waals surface area contributed by atoms with Crippen LogP contribution in [0.3, 0.4) is 0 Å². The van der Waals surface area contributed by atoms with E-state index in [1.54, 1.807) is 18.7 Å². The minimum Gasteiger partial charge on any atom is -0.436 e. The number of ether oxygens (including phenoxy) is 1. The summed E-state index contributed by atoms with van der Waals surface area (Å²) in [6, 6.07) is 17.7. The fourth-order valence-corrected chi connectivity index (χ4v) is 4.66. The third kappa shape index (κ3) is 5.13. The fraction of sp³-hybridized carbons (Fsp3) is 0.536. The molecule has 0 unspecified atom stereocenters. The highest BCUT2D eigenvalue weighted by Crippen LogP contribution is 2.42. The number of cyclic esters (lactones) is 1. The highest BCUT2D eigenvalue weighted by molar-refractivity contribution is 6.62. The first kappa shape index (κ1) is 25.7. The van der Waals surface area contributed by atoms with Crippen LogP contribution in [0.1, 0.15) is 78.5 Å². The topological polar surface area (TPSA) is 68.2 Å². The number of hydrogen-bond donors (Lipinski definition) is 1. The van der Waals surface area contributed by atoms with Gasteiger partial charge in [0.2, 0.25) is 0 Å². The summed E-state index contributed by atoms with van der Waals surface area (Å²) in [4.78, 5) is 14.9. The molecule has 2 aromatic carbocycles. The molecule has 1 amide bonds. The van der Waals surface area contributed by atoms with E-state index in [-0.39, 0.29) is 12.1 Å². The molecule has 2 saturated heterocycles. The molecule has 2 atom stereocenters. The highest BCUT2D eigenvalue weighted by Gasteiger charge is 2.52. The van der Waals surface area contributed by atoms with Gasteiger partial charge in [0, 0.05) is 0 Å². The number of nitrogens with zero attached hydrogens (tertiary/aromatic N) is 1. The maximum absolute atomic E-state index is 13.1. The summed E-state index contributed by atoms with van der Waals surface area (Å²) in [5.74, 6) is 0. The second kappa shape index (κ2) is 8.95. The van der Waals surface area contributed by atoms with Gasteiger partial charge in [-0.2, -0.15) is 0 Å². The minimum atomic E-state index is -0.851. The maximum Gasteiger partial charge on any atom is 0.494 e. The third-order valence-corrected chi connectivity index (χ3v) is 7.80. The summed E-state index contributed by atoms with van der Waals surface area (Å²) < 4.78 is 18.4. The Kier molecular flexibility index (Phi) is 6.58. The van der Waals surface area contributed by atoms with Gasteiger partial charge in [-0.1, -0.05) is 54.6 Å². The van der Waals surface area contributed by atoms with E-state index in [4.69, 9.17) is 14.0 Å². The quantitative estimate of drug-likeness (QED) is 0.570. The summed E-state index contributed by atoms with van der Waals surface area (Å²) >= 11 is 0. The second-order valence-corrected chi connectivity index (χ2v) is 11.6. The van der Waals surface area contributed by atoms with Gasteiger partial charge in [0.25, 0.3) is 0 Å². The number of rotatable bonds is 7. The van der Waals surface area contributed by atoms with Crippen LogP contribution in [0.5, 0.6) is 0 Å². The van der Waals surface area contributed by atoms with Crippen LogP contribution in [-0.2, 0) is 19.6 Å². The first-order valence-electron chi connectivity index (χ1n) is 12.5. The molecule has 2 fully saturated rings. The Bertz CT molecular complexity index is 1030. The molecule has 4 rings (SSSR count). The normalized spacial score (nSPS) is 24.5. The summed E-state index contributed by atoms with van der Waals surface area (Å²) in [6.45, 7) is 14.2. The number of carbonyl (C=O) groups excluding carboxylic acids is 1. The van der Waals surface area contributed by atoms with Gasteiger partial charge in [-0.25, -0.2) is 4.79 Å². The molecule has 2 aliphatic rings. The lowest BCUT2D eigenvalue weighted by atomic mass is 9.78. The lowest BCUT2D eigenvalue weighted by molar-refractivity contribution is 0.00578. The van der Waals surface area contributed by atoms with E-state index in [0.717, 1.165) is 16.6 Å². The molecule has 0 bridgehead atoms. The molecule has 1 N–H and O–H groups in total. The van der Waals surface area contributed by atoms with Crippen molar-refractivity contribution in [1.82, 2.24) is 4.90 Å². The predicted octanol–water partition coefficient (Wildman–Crippen LogP) is 4.95. The Balaban J connectivity index is 1.53. The summed E-state index contributed by atoms with van der Waals surface area (Å²) in [7, 11) is -0.423. The number of aliphatic hydroxyl groups is 1. The van der Waals surface area contributed by atoms with Gasteiger partial charge in [0.1, 0.15) is 0 Å². The molecule has 0 saturated carbocycles. The van der Waals surface area contributed by atoms with Crippen LogP contribution in [-0.4, -0.2) is 46.6 Å². The first-order valence-corrected chi connectivity index (χ1v) is 12.5. The number of carbonyl (C=O) groups is 1. The van der Waals surface area contributed by atoms with Crippen molar-refractivity contribution in [2.45, 2.75) is 89.8 Å². The van der Waals surface area contributed by atoms with E-state index < -0.39 is 29.5 Å². The van der Waals surface area contributed by atoms with E-state index in [9.17, 15) is 9.90 Å². The molecule has 0 aliphatic carbocycles. The van der Waals surface area contributed by atoms with E-state index in [0.29, 0.717) is 19.4 Å². The largest absolute Gasteiger partial charge is 0.494 e. The Labute approximate surface area is 209 Å². The zero-order chi connectivity index (χ0) is 25.6. The van der Waals surface area contributed by atoms with Gasteiger partial charge in [-0.15, -0.1) is 0 Å². The van der Waals surface area contributed by atoms with Crippen LogP contribution < -0.4 is 5.46 Å². The van der Waals surface area contributed by atoms with Gasteiger partial charge in [-0.05, 0) is 77.9 Å². The van der Waals surface area contributed by atoms with Crippen molar-refractivity contribution in [3.8, 4) is 0 Å². The molecule has 0 radical (unpaired) electrons. The van der Waals surface area contributed by atoms with Crippen LogP contribution in [0.4, 0.5) is 4.79 Å². The van der Waals surface area contributed by atoms with Crippen molar-refractivity contribution in [3.63, 3.8) is 0 Å². The Morgan fingerprint density at radius 3 is 2.11 bits per heavy atom. The molecule has 35 heavy (non-hydrogen) atoms. The average Bonchev–Trinajstić information content (AvgIpc) is 3.25. The van der Waals surface area contributed by atoms with Gasteiger partial charge in [0.05, 0.1) is 29.4 Å². The van der Waals surface area contributed by atoms with Crippen molar-refractivity contribution >= 4 is 18.7 Å². The van der Waals surface area contributed by atoms with Crippen molar-refractivity contribution in [3.05, 3.63) is 65.7 Å². The van der Waals surface area contributed by atoms with Crippen molar-refractivity contribution in [1.29, 1.82) is 0 Å². The minimum absolute atomic E-state index is 0.178. The van der Waals surface area contributed by atoms with Crippen LogP contribution in [0.15, 0.2) is 54.6 Å². The molecule has 0 aromatic heterocycles. The predicted molar refractivity (Wildman–Crippen MR) is 137 cm³/mol. The van der Waals surface area contributed by atoms with Crippen LogP contribution in [0.2, 0.25) is 0 Å². The fourth-order valence-electron chi connectivity index (χ4n) is 4.66. The van der Waals surface area contributed by atoms with E-state index in [1.807, 2.05) is 89.2 Å². The molecule has 2 aromatic rings. The van der Waals surface area contributed by atoms with Crippen molar-refractivity contribution < 1.29 is 23.9 Å². The molecular weight excluding hydrogens is 441 g/mol. The van der Waals surface area contributed by atoms with Gasteiger partial charge >= 0.3 is 13.2 Å². The maximum atomic E-state index is 13.1. The zero-order valence-corrected chi connectivity index (χ0v) is 22.0. The Morgan fingerprint density at radius 2 is 1.57 bits per heavy atom. The Morgan fingerprint density at radius 1 is 1.00 bits per heavy atom. The van der Waals surface area contributed by atoms with Crippen LogP contribution in [0.25, 0.3) is 0 Å². The monoisotopic (exact) mass is 479 g/mol. The van der Waals surface area contributed by atoms with Crippen LogP contribution >= 0.6 is 0 Å². The van der Waals surface area contributed by atoms with Gasteiger partial charge in [-0.3, -0.25) is 4.90 Å². The van der Waals surface area contributed by atoms with Crippen molar-refractivity contribution in [2.24, 2.45) is 0 Å². The standard InChI is InChI=1S/C28H38BNO5/c1-20(21-13-15-23(16-14-21)29-34-26(4,5)27(6,7)35-29)30-19-28(33-24(30)31,18-17-25(2,3)32)22-11-9-8-10-12-22/h8-16,20,32H,17-19H2,1-7H3/t20-,28+/m0/s1. The molecule has 6 nitrogen and oxygen atoms in total. The van der Waals surface area contributed by atoms with Crippen LogP contribution in [0, 0.1) is 0 Å². The van der Waals surface area contributed by atoms with Gasteiger partial charge in [0.15, 0.2) is 5.60 Å². The van der Waals surface area contributed by atoms with E-state index in [1.165, 1.54) is 0 Å². The highest BCUT2D eigenvalue weighted by atomic mass is 16.7. The smallest absolute Gasteiger partial charge is 0.436 e. The number of benzene rings is 2. The first-order chi connectivity index (χ1) is 16.2. The molecule has 2 aliphatic heterocycles. The molecule has 188 valence electrons. The van der Waals surface area contributed by atoms with Crippen molar-refractivity contribution in [2.75, 3.05) is 6.54 Å². The molecule has 0 spiro atoms. The second-order valence-electron chi connectivity index (χ2n) is 11.6. The summed E-state index contributed by atoms with van der Waals surface area (Å²) in [5.41, 5.74) is 0.468. The van der Waals surface area contributed by atoms with E-state index in [2.05, 4.69) is 0 Å². The summed E-state index contributed by atoms with van der Waals surface area (Å²) in [6.07, 6.45) is 0.711. The van der Waals surface area contributed by atoms with E-state index >= 15 is 0 Å². The lowest BCUT2D eigenvalue weighted by Crippen LogP contribution is -2.41. The lowest BCUT2D eigenvalue weighted by Gasteiger charge is -2.32. The summed E-state index contributed by atoms with van der Waals surface area (Å²) in [5, 5.41) is 10.4. The SMILES string of the molecule is C[C@@H](c1ccc(B2OC(C)(C)C(C)(C)O2)cc1)N1C[C@](CCC(C)(C)O)(c2ccccc2)OC1=O. The zero-order valence-electron chi connectivity index (χ0n) is 22.0. The molecule has 2 heterocycles. The average molecular weight is 479 g/mol. The molecular formula is C28H38BNO5. The third-order valence-electron chi connectivity index (χ3n) is 7.80.